The molecule has 0 amide bonds. The zero-order valence-corrected chi connectivity index (χ0v) is 20.1. The van der Waals surface area contributed by atoms with Gasteiger partial charge in [-0.05, 0) is 31.5 Å². The average molecular weight is 478 g/mol. The summed E-state index contributed by atoms with van der Waals surface area (Å²) in [7, 11) is -1.84. The zero-order valence-electron chi connectivity index (χ0n) is 18.4. The SMILES string of the molecule is CCCc1nn(C)c2c(=S)[nH]c(-c3cc(S(=O)(=O)N4CCOCC4)ccc3OCC)nc12. The van der Waals surface area contributed by atoms with E-state index in [1.54, 1.807) is 22.9 Å². The first-order chi connectivity index (χ1) is 15.4. The quantitative estimate of drug-likeness (QED) is 0.522. The van der Waals surface area contributed by atoms with E-state index >= 15 is 0 Å². The molecule has 0 saturated carbocycles. The molecule has 3 heterocycles. The number of H-pyrrole nitrogens is 1. The first-order valence-corrected chi connectivity index (χ1v) is 12.5. The second-order valence-electron chi connectivity index (χ2n) is 7.54. The van der Waals surface area contributed by atoms with E-state index in [2.05, 4.69) is 17.0 Å². The van der Waals surface area contributed by atoms with Crippen molar-refractivity contribution >= 4 is 33.3 Å². The Morgan fingerprint density at radius 1 is 1.25 bits per heavy atom. The lowest BCUT2D eigenvalue weighted by Crippen LogP contribution is -2.40. The van der Waals surface area contributed by atoms with Crippen LogP contribution in [-0.2, 0) is 28.2 Å². The molecule has 0 aliphatic carbocycles. The number of hydrogen-bond acceptors (Lipinski definition) is 7. The molecule has 1 aliphatic heterocycles. The first kappa shape index (κ1) is 22.8. The third-order valence-corrected chi connectivity index (χ3v) is 7.55. The predicted molar refractivity (Wildman–Crippen MR) is 124 cm³/mol. The van der Waals surface area contributed by atoms with E-state index in [0.29, 0.717) is 54.7 Å². The molecule has 2 aromatic heterocycles. The van der Waals surface area contributed by atoms with Gasteiger partial charge < -0.3 is 14.5 Å². The zero-order chi connectivity index (χ0) is 22.9. The van der Waals surface area contributed by atoms with Crippen LogP contribution in [0.25, 0.3) is 22.4 Å². The Bertz CT molecular complexity index is 1290. The van der Waals surface area contributed by atoms with Crippen molar-refractivity contribution in [2.75, 3.05) is 32.9 Å². The molecule has 3 aromatic rings. The second-order valence-corrected chi connectivity index (χ2v) is 9.89. The molecule has 0 spiro atoms. The summed E-state index contributed by atoms with van der Waals surface area (Å²) in [5, 5.41) is 4.57. The molecule has 0 unspecified atom stereocenters. The number of rotatable bonds is 7. The smallest absolute Gasteiger partial charge is 0.243 e. The standard InChI is InChI=1S/C21H27N5O4S2/c1-4-6-16-18-19(25(3)24-16)21(31)23-20(22-18)15-13-14(7-8-17(15)30-5-2)32(27,28)26-9-11-29-12-10-26/h7-8,13H,4-6,9-12H2,1-3H3,(H,22,23,31). The van der Waals surface area contributed by atoms with Crippen molar-refractivity contribution in [2.45, 2.75) is 31.6 Å². The fourth-order valence-electron chi connectivity index (χ4n) is 3.85. The van der Waals surface area contributed by atoms with E-state index in [1.165, 1.54) is 4.31 Å². The van der Waals surface area contributed by atoms with Gasteiger partial charge in [0.1, 0.15) is 27.2 Å². The molecule has 1 fully saturated rings. The van der Waals surface area contributed by atoms with Gasteiger partial charge >= 0.3 is 0 Å². The van der Waals surface area contributed by atoms with Gasteiger partial charge in [0.15, 0.2) is 0 Å². The molecule has 1 saturated heterocycles. The molecule has 172 valence electrons. The second kappa shape index (κ2) is 9.26. The summed E-state index contributed by atoms with van der Waals surface area (Å²) in [6.45, 7) is 5.81. The van der Waals surface area contributed by atoms with Crippen LogP contribution in [0.4, 0.5) is 0 Å². The summed E-state index contributed by atoms with van der Waals surface area (Å²) in [6, 6.07) is 4.84. The average Bonchev–Trinajstić information content (AvgIpc) is 3.10. The molecular weight excluding hydrogens is 450 g/mol. The molecule has 0 atom stereocenters. The van der Waals surface area contributed by atoms with Gasteiger partial charge in [-0.25, -0.2) is 13.4 Å². The molecule has 4 rings (SSSR count). The number of fused-ring (bicyclic) bond motifs is 1. The molecule has 9 nitrogen and oxygen atoms in total. The maximum Gasteiger partial charge on any atom is 0.243 e. The number of sulfonamides is 1. The van der Waals surface area contributed by atoms with Gasteiger partial charge in [0.25, 0.3) is 0 Å². The number of nitrogens with zero attached hydrogens (tertiary/aromatic N) is 4. The lowest BCUT2D eigenvalue weighted by Gasteiger charge is -2.26. The maximum atomic E-state index is 13.2. The lowest BCUT2D eigenvalue weighted by molar-refractivity contribution is 0.0730. The number of ether oxygens (including phenoxy) is 2. The molecule has 0 bridgehead atoms. The first-order valence-electron chi connectivity index (χ1n) is 10.7. The minimum absolute atomic E-state index is 0.180. The molecule has 11 heteroatoms. The van der Waals surface area contributed by atoms with Crippen molar-refractivity contribution in [3.05, 3.63) is 28.5 Å². The van der Waals surface area contributed by atoms with E-state index in [1.807, 2.05) is 14.0 Å². The van der Waals surface area contributed by atoms with Gasteiger partial charge in [0.05, 0.1) is 36.0 Å². The summed E-state index contributed by atoms with van der Waals surface area (Å²) < 4.78 is 41.2. The van der Waals surface area contributed by atoms with Crippen LogP contribution in [0.15, 0.2) is 23.1 Å². The van der Waals surface area contributed by atoms with E-state index in [9.17, 15) is 8.42 Å². The summed E-state index contributed by atoms with van der Waals surface area (Å²) in [5.74, 6) is 0.988. The van der Waals surface area contributed by atoms with Gasteiger partial charge in [-0.3, -0.25) is 4.68 Å². The number of morpholine rings is 1. The maximum absolute atomic E-state index is 13.2. The van der Waals surface area contributed by atoms with Gasteiger partial charge in [-0.1, -0.05) is 25.6 Å². The molecule has 1 N–H and O–H groups in total. The number of benzene rings is 1. The van der Waals surface area contributed by atoms with Crippen molar-refractivity contribution in [3.63, 3.8) is 0 Å². The van der Waals surface area contributed by atoms with Gasteiger partial charge in [0, 0.05) is 20.1 Å². The van der Waals surface area contributed by atoms with Crippen LogP contribution in [0, 0.1) is 4.64 Å². The largest absolute Gasteiger partial charge is 0.493 e. The summed E-state index contributed by atoms with van der Waals surface area (Å²) >= 11 is 5.61. The molecule has 0 radical (unpaired) electrons. The Morgan fingerprint density at radius 3 is 2.69 bits per heavy atom. The van der Waals surface area contributed by atoms with Crippen LogP contribution < -0.4 is 4.74 Å². The van der Waals surface area contributed by atoms with Crippen molar-refractivity contribution in [1.82, 2.24) is 24.1 Å². The monoisotopic (exact) mass is 477 g/mol. The van der Waals surface area contributed by atoms with E-state index < -0.39 is 10.0 Å². The number of nitrogens with one attached hydrogen (secondary N) is 1. The highest BCUT2D eigenvalue weighted by atomic mass is 32.2. The number of aryl methyl sites for hydroxylation is 2. The molecule has 1 aliphatic rings. The minimum atomic E-state index is -3.68. The fraction of sp³-hybridized carbons (Fsp3) is 0.476. The third-order valence-electron chi connectivity index (χ3n) is 5.36. The lowest BCUT2D eigenvalue weighted by atomic mass is 10.1. The molecule has 32 heavy (non-hydrogen) atoms. The molecular formula is C21H27N5O4S2. The van der Waals surface area contributed by atoms with Gasteiger partial charge in [0.2, 0.25) is 10.0 Å². The van der Waals surface area contributed by atoms with Crippen LogP contribution in [-0.4, -0.2) is 65.4 Å². The summed E-state index contributed by atoms with van der Waals surface area (Å²) in [6.07, 6.45) is 1.69. The number of aromatic nitrogens is 4. The normalized spacial score (nSPS) is 15.3. The fourth-order valence-corrected chi connectivity index (χ4v) is 5.61. The van der Waals surface area contributed by atoms with Crippen LogP contribution in [0.5, 0.6) is 5.75 Å². The Labute approximate surface area is 192 Å². The Balaban J connectivity index is 1.88. The van der Waals surface area contributed by atoms with Gasteiger partial charge in [-0.15, -0.1) is 0 Å². The van der Waals surface area contributed by atoms with Crippen LogP contribution >= 0.6 is 12.2 Å². The predicted octanol–water partition coefficient (Wildman–Crippen LogP) is 3.06. The van der Waals surface area contributed by atoms with E-state index in [-0.39, 0.29) is 4.90 Å². The van der Waals surface area contributed by atoms with Crippen molar-refractivity contribution in [1.29, 1.82) is 0 Å². The highest BCUT2D eigenvalue weighted by Crippen LogP contribution is 2.33. The molecule has 1 aromatic carbocycles. The Morgan fingerprint density at radius 2 is 2.00 bits per heavy atom. The highest BCUT2D eigenvalue weighted by molar-refractivity contribution is 7.89. The Kier molecular flexibility index (Phi) is 6.61. The number of hydrogen-bond donors (Lipinski definition) is 1. The van der Waals surface area contributed by atoms with Crippen molar-refractivity contribution < 1.29 is 17.9 Å². The Hall–Kier alpha value is -2.34. The minimum Gasteiger partial charge on any atom is -0.493 e. The van der Waals surface area contributed by atoms with Crippen molar-refractivity contribution in [3.8, 4) is 17.1 Å². The van der Waals surface area contributed by atoms with Crippen LogP contribution in [0.2, 0.25) is 0 Å². The van der Waals surface area contributed by atoms with E-state index in [4.69, 9.17) is 26.7 Å². The topological polar surface area (TPSA) is 102 Å². The summed E-state index contributed by atoms with van der Waals surface area (Å²) in [4.78, 5) is 8.14. The van der Waals surface area contributed by atoms with Crippen molar-refractivity contribution in [2.24, 2.45) is 7.05 Å². The number of aromatic amines is 1. The highest BCUT2D eigenvalue weighted by Gasteiger charge is 2.28. The third kappa shape index (κ3) is 4.17. The summed E-state index contributed by atoms with van der Waals surface area (Å²) in [5.41, 5.74) is 2.88. The van der Waals surface area contributed by atoms with E-state index in [0.717, 1.165) is 29.6 Å². The van der Waals surface area contributed by atoms with Crippen LogP contribution in [0.3, 0.4) is 0 Å². The van der Waals surface area contributed by atoms with Crippen LogP contribution in [0.1, 0.15) is 26.0 Å². The van der Waals surface area contributed by atoms with Gasteiger partial charge in [-0.2, -0.15) is 9.40 Å².